The van der Waals surface area contributed by atoms with Crippen molar-refractivity contribution in [2.45, 2.75) is 25.7 Å². The van der Waals surface area contributed by atoms with Gasteiger partial charge in [0.05, 0.1) is 6.26 Å². The molecule has 0 aromatic heterocycles. The summed E-state index contributed by atoms with van der Waals surface area (Å²) in [5.74, 6) is -1.17. The van der Waals surface area contributed by atoms with E-state index in [1.54, 1.807) is 0 Å². The van der Waals surface area contributed by atoms with Crippen molar-refractivity contribution >= 4 is 11.9 Å². The highest BCUT2D eigenvalue weighted by atomic mass is 16.6. The monoisotopic (exact) mass is 216 g/mol. The van der Waals surface area contributed by atoms with Crippen molar-refractivity contribution in [1.29, 1.82) is 0 Å². The Hall–Kier alpha value is -1.52. The Morgan fingerprint density at radius 3 is 2.47 bits per heavy atom. The molecule has 5 heteroatoms. The molecule has 0 aliphatic carbocycles. The van der Waals surface area contributed by atoms with Gasteiger partial charge < -0.3 is 14.6 Å². The van der Waals surface area contributed by atoms with E-state index in [0.717, 1.165) is 0 Å². The Morgan fingerprint density at radius 2 is 1.87 bits per heavy atom. The van der Waals surface area contributed by atoms with Crippen molar-refractivity contribution < 1.29 is 24.2 Å². The fraction of sp³-hybridized carbons (Fsp3) is 0.600. The number of rotatable bonds is 9. The lowest BCUT2D eigenvalue weighted by Crippen LogP contribution is -2.09. The molecule has 0 heterocycles. The maximum absolute atomic E-state index is 11.0. The molecule has 0 radical (unpaired) electrons. The summed E-state index contributed by atoms with van der Waals surface area (Å²) >= 11 is 0. The molecule has 0 unspecified atom stereocenters. The zero-order valence-corrected chi connectivity index (χ0v) is 8.61. The molecule has 0 aromatic carbocycles. The summed E-state index contributed by atoms with van der Waals surface area (Å²) in [4.78, 5) is 21.1. The van der Waals surface area contributed by atoms with E-state index in [9.17, 15) is 9.59 Å². The largest absolute Gasteiger partial charge is 0.498 e. The number of carboxylic acid groups (broad SMARTS) is 1. The molecule has 86 valence electrons. The standard InChI is InChI=1S/C10H16O5/c1-2-14-7-8-15-10(13)6-4-3-5-9(11)12/h2H,1,3-8H2,(H,11,12). The summed E-state index contributed by atoms with van der Waals surface area (Å²) in [6, 6.07) is 0. The molecular formula is C10H16O5. The van der Waals surface area contributed by atoms with Crippen LogP contribution in [0.4, 0.5) is 0 Å². The molecule has 1 N–H and O–H groups in total. The van der Waals surface area contributed by atoms with Crippen molar-refractivity contribution in [3.8, 4) is 0 Å². The van der Waals surface area contributed by atoms with Crippen LogP contribution in [0.2, 0.25) is 0 Å². The average molecular weight is 216 g/mol. The predicted octanol–water partition coefficient (Wildman–Crippen LogP) is 1.33. The van der Waals surface area contributed by atoms with Gasteiger partial charge in [0, 0.05) is 12.8 Å². The van der Waals surface area contributed by atoms with Gasteiger partial charge in [-0.25, -0.2) is 0 Å². The van der Waals surface area contributed by atoms with Crippen LogP contribution in [0.15, 0.2) is 12.8 Å². The van der Waals surface area contributed by atoms with Gasteiger partial charge in [0.2, 0.25) is 0 Å². The van der Waals surface area contributed by atoms with Gasteiger partial charge in [-0.2, -0.15) is 0 Å². The minimum atomic E-state index is -0.845. The van der Waals surface area contributed by atoms with Gasteiger partial charge in [0.25, 0.3) is 0 Å². The number of unbranched alkanes of at least 4 members (excludes halogenated alkanes) is 1. The number of carbonyl (C=O) groups is 2. The van der Waals surface area contributed by atoms with Crippen LogP contribution < -0.4 is 0 Å². The van der Waals surface area contributed by atoms with Gasteiger partial charge in [-0.15, -0.1) is 0 Å². The minimum Gasteiger partial charge on any atom is -0.498 e. The van der Waals surface area contributed by atoms with Gasteiger partial charge in [-0.1, -0.05) is 6.58 Å². The molecule has 5 nitrogen and oxygen atoms in total. The molecule has 0 fully saturated rings. The van der Waals surface area contributed by atoms with Crippen molar-refractivity contribution in [3.63, 3.8) is 0 Å². The second-order valence-electron chi connectivity index (χ2n) is 2.86. The van der Waals surface area contributed by atoms with Crippen LogP contribution >= 0.6 is 0 Å². The molecule has 15 heavy (non-hydrogen) atoms. The van der Waals surface area contributed by atoms with E-state index in [0.29, 0.717) is 19.4 Å². The molecule has 0 aliphatic rings. The Morgan fingerprint density at radius 1 is 1.20 bits per heavy atom. The highest BCUT2D eigenvalue weighted by molar-refractivity contribution is 5.69. The SMILES string of the molecule is C=COCCOC(=O)CCCCC(=O)O. The summed E-state index contributed by atoms with van der Waals surface area (Å²) in [5, 5.41) is 8.34. The van der Waals surface area contributed by atoms with E-state index in [4.69, 9.17) is 14.6 Å². The Bertz CT molecular complexity index is 212. The van der Waals surface area contributed by atoms with Gasteiger partial charge in [-0.05, 0) is 12.8 Å². The second-order valence-corrected chi connectivity index (χ2v) is 2.86. The molecule has 0 atom stereocenters. The number of carboxylic acids is 1. The maximum atomic E-state index is 11.0. The van der Waals surface area contributed by atoms with Crippen LogP contribution in [0.5, 0.6) is 0 Å². The Balaban J connectivity index is 3.25. The third-order valence-corrected chi connectivity index (χ3v) is 1.60. The van der Waals surface area contributed by atoms with Crippen LogP contribution in [-0.2, 0) is 19.1 Å². The molecule has 0 amide bonds. The second kappa shape index (κ2) is 9.05. The minimum absolute atomic E-state index is 0.0901. The van der Waals surface area contributed by atoms with Crippen molar-refractivity contribution in [3.05, 3.63) is 12.8 Å². The molecule has 0 aromatic rings. The quantitative estimate of drug-likeness (QED) is 0.357. The third-order valence-electron chi connectivity index (χ3n) is 1.60. The van der Waals surface area contributed by atoms with Crippen LogP contribution in [0.3, 0.4) is 0 Å². The van der Waals surface area contributed by atoms with Gasteiger partial charge in [0.15, 0.2) is 0 Å². The lowest BCUT2D eigenvalue weighted by atomic mass is 10.2. The first kappa shape index (κ1) is 13.5. The normalized spacial score (nSPS) is 9.33. The van der Waals surface area contributed by atoms with Crippen LogP contribution in [0, 0.1) is 0 Å². The Kier molecular flexibility index (Phi) is 8.13. The van der Waals surface area contributed by atoms with Crippen LogP contribution in [0.25, 0.3) is 0 Å². The summed E-state index contributed by atoms with van der Waals surface area (Å²) in [6.45, 7) is 3.83. The first-order chi connectivity index (χ1) is 7.16. The van der Waals surface area contributed by atoms with Gasteiger partial charge in [0.1, 0.15) is 13.2 Å². The molecule has 0 rings (SSSR count). The topological polar surface area (TPSA) is 72.8 Å². The molecule has 0 bridgehead atoms. The van der Waals surface area contributed by atoms with Crippen molar-refractivity contribution in [2.75, 3.05) is 13.2 Å². The fourth-order valence-electron chi connectivity index (χ4n) is 0.905. The maximum Gasteiger partial charge on any atom is 0.305 e. The first-order valence-electron chi connectivity index (χ1n) is 4.76. The van der Waals surface area contributed by atoms with E-state index in [-0.39, 0.29) is 25.4 Å². The molecular weight excluding hydrogens is 200 g/mol. The van der Waals surface area contributed by atoms with E-state index in [1.165, 1.54) is 6.26 Å². The third kappa shape index (κ3) is 10.4. The summed E-state index contributed by atoms with van der Waals surface area (Å²) < 4.78 is 9.54. The molecule has 0 saturated heterocycles. The van der Waals surface area contributed by atoms with Crippen molar-refractivity contribution in [1.82, 2.24) is 0 Å². The fourth-order valence-corrected chi connectivity index (χ4v) is 0.905. The smallest absolute Gasteiger partial charge is 0.305 e. The number of hydrogen-bond donors (Lipinski definition) is 1. The highest BCUT2D eigenvalue weighted by Gasteiger charge is 2.03. The highest BCUT2D eigenvalue weighted by Crippen LogP contribution is 2.01. The number of aliphatic carboxylic acids is 1. The summed E-state index contributed by atoms with van der Waals surface area (Å²) in [7, 11) is 0. The van der Waals surface area contributed by atoms with Gasteiger partial charge >= 0.3 is 11.9 Å². The zero-order chi connectivity index (χ0) is 11.5. The van der Waals surface area contributed by atoms with E-state index in [1.807, 2.05) is 0 Å². The molecule has 0 saturated carbocycles. The first-order valence-corrected chi connectivity index (χ1v) is 4.76. The molecule has 0 spiro atoms. The lowest BCUT2D eigenvalue weighted by Gasteiger charge is -2.03. The van der Waals surface area contributed by atoms with Crippen molar-refractivity contribution in [2.24, 2.45) is 0 Å². The number of ether oxygens (including phenoxy) is 2. The number of hydrogen-bond acceptors (Lipinski definition) is 4. The molecule has 0 aliphatic heterocycles. The predicted molar refractivity (Wildman–Crippen MR) is 53.2 cm³/mol. The zero-order valence-electron chi connectivity index (χ0n) is 8.61. The lowest BCUT2D eigenvalue weighted by molar-refractivity contribution is -0.145. The van der Waals surface area contributed by atoms with E-state index < -0.39 is 5.97 Å². The number of carbonyl (C=O) groups excluding carboxylic acids is 1. The average Bonchev–Trinajstić information content (AvgIpc) is 2.19. The van der Waals surface area contributed by atoms with E-state index >= 15 is 0 Å². The Labute approximate surface area is 88.7 Å². The number of esters is 1. The van der Waals surface area contributed by atoms with E-state index in [2.05, 4.69) is 6.58 Å². The summed E-state index contributed by atoms with van der Waals surface area (Å²) in [5.41, 5.74) is 0. The van der Waals surface area contributed by atoms with Crippen LogP contribution in [-0.4, -0.2) is 30.3 Å². The summed E-state index contributed by atoms with van der Waals surface area (Å²) in [6.07, 6.45) is 2.65. The van der Waals surface area contributed by atoms with Gasteiger partial charge in [-0.3, -0.25) is 9.59 Å². The van der Waals surface area contributed by atoms with Crippen LogP contribution in [0.1, 0.15) is 25.7 Å².